The number of carboxylic acids is 1. The van der Waals surface area contributed by atoms with Crippen molar-refractivity contribution >= 4 is 28.8 Å². The third kappa shape index (κ3) is 1.75. The molecule has 0 fully saturated rings. The number of aliphatic imine (C=N–C) groups is 1. The van der Waals surface area contributed by atoms with Gasteiger partial charge in [-0.3, -0.25) is 24.7 Å². The number of carboxylic acid groups (broad SMARTS) is 1. The van der Waals surface area contributed by atoms with Gasteiger partial charge in [0.05, 0.1) is 16.2 Å². The molecule has 0 spiro atoms. The lowest BCUT2D eigenvalue weighted by Gasteiger charge is -2.17. The molecule has 0 amide bonds. The van der Waals surface area contributed by atoms with Crippen molar-refractivity contribution in [3.63, 3.8) is 0 Å². The van der Waals surface area contributed by atoms with Crippen LogP contribution in [0.3, 0.4) is 0 Å². The second-order valence-corrected chi connectivity index (χ2v) is 3.85. The van der Waals surface area contributed by atoms with E-state index in [9.17, 15) is 19.7 Å². The summed E-state index contributed by atoms with van der Waals surface area (Å²) in [7, 11) is 0. The van der Waals surface area contributed by atoms with Gasteiger partial charge in [0.2, 0.25) is 0 Å². The first-order chi connectivity index (χ1) is 8.41. The lowest BCUT2D eigenvalue weighted by atomic mass is 9.90. The van der Waals surface area contributed by atoms with E-state index in [2.05, 4.69) is 4.99 Å². The van der Waals surface area contributed by atoms with Gasteiger partial charge in [0.1, 0.15) is 0 Å². The fourth-order valence-corrected chi connectivity index (χ4v) is 1.82. The van der Waals surface area contributed by atoms with E-state index in [1.807, 2.05) is 0 Å². The molecule has 1 atom stereocenters. The Morgan fingerprint density at radius 2 is 2.17 bits per heavy atom. The average molecular weight is 248 g/mol. The lowest BCUT2D eigenvalue weighted by Crippen LogP contribution is -2.32. The Morgan fingerprint density at radius 3 is 2.72 bits per heavy atom. The maximum absolute atomic E-state index is 12.0. The van der Waals surface area contributed by atoms with Crippen LogP contribution in [0.25, 0.3) is 0 Å². The van der Waals surface area contributed by atoms with E-state index in [1.165, 1.54) is 19.1 Å². The maximum Gasteiger partial charge on any atom is 0.320 e. The Balaban J connectivity index is 2.60. The van der Waals surface area contributed by atoms with Crippen LogP contribution in [0.4, 0.5) is 11.4 Å². The summed E-state index contributed by atoms with van der Waals surface area (Å²) in [6.45, 7) is 1.45. The smallest absolute Gasteiger partial charge is 0.320 e. The van der Waals surface area contributed by atoms with Crippen molar-refractivity contribution in [3.8, 4) is 0 Å². The van der Waals surface area contributed by atoms with Crippen LogP contribution in [-0.2, 0) is 4.79 Å². The Bertz CT molecular complexity index is 605. The molecule has 7 heteroatoms. The van der Waals surface area contributed by atoms with E-state index >= 15 is 0 Å². The minimum atomic E-state index is -1.36. The predicted octanol–water partition coefficient (Wildman–Crippen LogP) is 1.58. The third-order valence-electron chi connectivity index (χ3n) is 2.68. The highest BCUT2D eigenvalue weighted by Gasteiger charge is 2.35. The molecule has 0 bridgehead atoms. The molecule has 1 aliphatic heterocycles. The number of benzene rings is 1. The predicted molar refractivity (Wildman–Crippen MR) is 61.3 cm³/mol. The van der Waals surface area contributed by atoms with Crippen LogP contribution in [0.15, 0.2) is 23.2 Å². The summed E-state index contributed by atoms with van der Waals surface area (Å²) >= 11 is 0. The second-order valence-electron chi connectivity index (χ2n) is 3.85. The summed E-state index contributed by atoms with van der Waals surface area (Å²) in [6, 6.07) is 3.63. The molecule has 0 aliphatic carbocycles. The molecule has 1 aromatic carbocycles. The number of rotatable bonds is 2. The molecule has 92 valence electrons. The zero-order valence-electron chi connectivity index (χ0n) is 9.28. The number of nitrogens with zero attached hydrogens (tertiary/aromatic N) is 2. The van der Waals surface area contributed by atoms with Crippen molar-refractivity contribution in [2.45, 2.75) is 6.92 Å². The standard InChI is InChI=1S/C11H8N2O5/c1-5-9(11(15)16)10(14)7-4-6(13(17)18)2-3-8(7)12-5/h2-4,9H,1H3,(H,15,16). The Morgan fingerprint density at radius 1 is 1.50 bits per heavy atom. The quantitative estimate of drug-likeness (QED) is 0.485. The first-order valence-corrected chi connectivity index (χ1v) is 5.02. The highest BCUT2D eigenvalue weighted by molar-refractivity contribution is 6.27. The number of aliphatic carboxylic acids is 1. The number of hydrogen-bond acceptors (Lipinski definition) is 5. The van der Waals surface area contributed by atoms with E-state index in [4.69, 9.17) is 5.11 Å². The molecular formula is C11H8N2O5. The van der Waals surface area contributed by atoms with Gasteiger partial charge in [0.15, 0.2) is 11.7 Å². The minimum Gasteiger partial charge on any atom is -0.480 e. The molecule has 0 aromatic heterocycles. The molecule has 1 aromatic rings. The summed E-state index contributed by atoms with van der Waals surface area (Å²) < 4.78 is 0. The normalized spacial score (nSPS) is 17.9. The van der Waals surface area contributed by atoms with Crippen LogP contribution in [0.5, 0.6) is 0 Å². The number of Topliss-reactive ketones (excluding diaryl/α,β-unsaturated/α-hetero) is 1. The lowest BCUT2D eigenvalue weighted by molar-refractivity contribution is -0.384. The van der Waals surface area contributed by atoms with Gasteiger partial charge in [-0.15, -0.1) is 0 Å². The average Bonchev–Trinajstić information content (AvgIpc) is 2.27. The van der Waals surface area contributed by atoms with Gasteiger partial charge in [0, 0.05) is 17.8 Å². The summed E-state index contributed by atoms with van der Waals surface area (Å²) in [5.74, 6) is -3.34. The molecule has 7 nitrogen and oxygen atoms in total. The number of nitro benzene ring substituents is 1. The molecule has 1 aliphatic rings. The van der Waals surface area contributed by atoms with E-state index in [-0.39, 0.29) is 22.6 Å². The number of hydrogen-bond donors (Lipinski definition) is 1. The van der Waals surface area contributed by atoms with E-state index in [0.29, 0.717) is 0 Å². The van der Waals surface area contributed by atoms with Crippen LogP contribution >= 0.6 is 0 Å². The number of fused-ring (bicyclic) bond motifs is 1. The van der Waals surface area contributed by atoms with E-state index in [1.54, 1.807) is 0 Å². The Labute approximate surface area is 101 Å². The molecule has 0 saturated carbocycles. The van der Waals surface area contributed by atoms with Crippen LogP contribution in [0.1, 0.15) is 17.3 Å². The van der Waals surface area contributed by atoms with Crippen molar-refractivity contribution in [2.75, 3.05) is 0 Å². The van der Waals surface area contributed by atoms with Gasteiger partial charge < -0.3 is 5.11 Å². The van der Waals surface area contributed by atoms with Gasteiger partial charge >= 0.3 is 5.97 Å². The zero-order valence-corrected chi connectivity index (χ0v) is 9.28. The number of carbonyl (C=O) groups excluding carboxylic acids is 1. The van der Waals surface area contributed by atoms with Crippen LogP contribution in [-0.4, -0.2) is 27.5 Å². The molecule has 1 heterocycles. The Kier molecular flexibility index (Phi) is 2.66. The van der Waals surface area contributed by atoms with Crippen LogP contribution < -0.4 is 0 Å². The number of nitro groups is 1. The van der Waals surface area contributed by atoms with Crippen molar-refractivity contribution in [1.29, 1.82) is 0 Å². The third-order valence-corrected chi connectivity index (χ3v) is 2.68. The monoisotopic (exact) mass is 248 g/mol. The Hall–Kier alpha value is -2.57. The molecule has 0 radical (unpaired) electrons. The van der Waals surface area contributed by atoms with Crippen molar-refractivity contribution in [2.24, 2.45) is 10.9 Å². The van der Waals surface area contributed by atoms with Gasteiger partial charge in [-0.25, -0.2) is 0 Å². The topological polar surface area (TPSA) is 110 Å². The summed E-state index contributed by atoms with van der Waals surface area (Å²) in [5, 5.41) is 19.6. The SMILES string of the molecule is CC1=Nc2ccc([N+](=O)[O-])cc2C(=O)C1C(=O)O. The zero-order chi connectivity index (χ0) is 13.4. The van der Waals surface area contributed by atoms with Gasteiger partial charge in [-0.05, 0) is 13.0 Å². The van der Waals surface area contributed by atoms with Gasteiger partial charge in [-0.1, -0.05) is 0 Å². The van der Waals surface area contributed by atoms with Crippen molar-refractivity contribution < 1.29 is 19.6 Å². The number of carbonyl (C=O) groups is 2. The molecule has 2 rings (SSSR count). The van der Waals surface area contributed by atoms with Crippen LogP contribution in [0, 0.1) is 16.0 Å². The second kappa shape index (κ2) is 4.02. The summed E-state index contributed by atoms with van der Waals surface area (Å²) in [4.78, 5) is 36.9. The fourth-order valence-electron chi connectivity index (χ4n) is 1.82. The summed E-state index contributed by atoms with van der Waals surface area (Å²) in [5.41, 5.74) is 0.151. The van der Waals surface area contributed by atoms with E-state index < -0.39 is 22.6 Å². The molecule has 0 saturated heterocycles. The summed E-state index contributed by atoms with van der Waals surface area (Å²) in [6.07, 6.45) is 0. The fraction of sp³-hybridized carbons (Fsp3) is 0.182. The molecule has 1 unspecified atom stereocenters. The molecule has 18 heavy (non-hydrogen) atoms. The van der Waals surface area contributed by atoms with Gasteiger partial charge in [0.25, 0.3) is 5.69 Å². The number of non-ortho nitro benzene ring substituents is 1. The van der Waals surface area contributed by atoms with E-state index in [0.717, 1.165) is 6.07 Å². The van der Waals surface area contributed by atoms with Crippen molar-refractivity contribution in [3.05, 3.63) is 33.9 Å². The highest BCUT2D eigenvalue weighted by atomic mass is 16.6. The maximum atomic E-state index is 12.0. The molecular weight excluding hydrogens is 240 g/mol. The van der Waals surface area contributed by atoms with Crippen LogP contribution in [0.2, 0.25) is 0 Å². The number of ketones is 1. The first kappa shape index (κ1) is 11.9. The van der Waals surface area contributed by atoms with Crippen molar-refractivity contribution in [1.82, 2.24) is 0 Å². The highest BCUT2D eigenvalue weighted by Crippen LogP contribution is 2.31. The van der Waals surface area contributed by atoms with Gasteiger partial charge in [-0.2, -0.15) is 0 Å². The first-order valence-electron chi connectivity index (χ1n) is 5.02. The largest absolute Gasteiger partial charge is 0.480 e. The molecule has 1 N–H and O–H groups in total. The minimum absolute atomic E-state index is 0.0257.